The van der Waals surface area contributed by atoms with Crippen LogP contribution in [0.3, 0.4) is 0 Å². The lowest BCUT2D eigenvalue weighted by Crippen LogP contribution is -2.45. The Morgan fingerprint density at radius 1 is 0.656 bits per heavy atom. The first kappa shape index (κ1) is 20.9. The van der Waals surface area contributed by atoms with Crippen molar-refractivity contribution in [3.63, 3.8) is 0 Å². The lowest BCUT2D eigenvalue weighted by atomic mass is 10.1. The molecule has 164 valence electrons. The minimum Gasteiger partial charge on any atom is -0.297 e. The van der Waals surface area contributed by atoms with E-state index in [1.165, 1.54) is 9.54 Å². The molecule has 1 aliphatic heterocycles. The van der Waals surface area contributed by atoms with Crippen molar-refractivity contribution in [1.82, 2.24) is 13.8 Å². The zero-order valence-corrected chi connectivity index (χ0v) is 18.8. The largest absolute Gasteiger partial charge is 0.297 e. The van der Waals surface area contributed by atoms with E-state index in [2.05, 4.69) is 40.1 Å². The fourth-order valence-electron chi connectivity index (χ4n) is 4.44. The van der Waals surface area contributed by atoms with E-state index >= 15 is 0 Å². The molecule has 4 aromatic rings. The van der Waals surface area contributed by atoms with E-state index in [0.717, 1.165) is 55.7 Å². The molecule has 0 spiro atoms. The third-order valence-electron chi connectivity index (χ3n) is 6.17. The summed E-state index contributed by atoms with van der Waals surface area (Å²) in [7, 11) is -3.64. The summed E-state index contributed by atoms with van der Waals surface area (Å²) >= 11 is 0. The number of aromatic nitrogens is 1. The molecule has 0 N–H and O–H groups in total. The summed E-state index contributed by atoms with van der Waals surface area (Å²) in [6.45, 7) is 5.68. The standard InChI is InChI=1S/C26H27N3O2S/c30-32(31,24-11-5-2-6-12-24)29-21-23(25-13-7-8-14-26(25)29)20-28-17-15-27(16-18-28)19-22-9-3-1-4-10-22/h1-14,21H,15-20H2. The second-order valence-electron chi connectivity index (χ2n) is 8.32. The van der Waals surface area contributed by atoms with Gasteiger partial charge in [0.15, 0.2) is 0 Å². The number of rotatable bonds is 6. The highest BCUT2D eigenvalue weighted by Crippen LogP contribution is 2.27. The Labute approximate surface area is 189 Å². The smallest absolute Gasteiger partial charge is 0.268 e. The van der Waals surface area contributed by atoms with Gasteiger partial charge in [-0.05, 0) is 29.3 Å². The van der Waals surface area contributed by atoms with Crippen molar-refractivity contribution in [2.75, 3.05) is 26.2 Å². The number of para-hydroxylation sites is 1. The van der Waals surface area contributed by atoms with Gasteiger partial charge < -0.3 is 0 Å². The molecule has 0 unspecified atom stereocenters. The van der Waals surface area contributed by atoms with E-state index in [1.54, 1.807) is 24.3 Å². The van der Waals surface area contributed by atoms with Crippen molar-refractivity contribution in [1.29, 1.82) is 0 Å². The van der Waals surface area contributed by atoms with Gasteiger partial charge in [-0.1, -0.05) is 66.7 Å². The molecule has 0 saturated carbocycles. The molecule has 32 heavy (non-hydrogen) atoms. The van der Waals surface area contributed by atoms with Crippen LogP contribution in [0, 0.1) is 0 Å². The summed E-state index contributed by atoms with van der Waals surface area (Å²) in [5.74, 6) is 0. The van der Waals surface area contributed by atoms with Crippen molar-refractivity contribution >= 4 is 20.9 Å². The average Bonchev–Trinajstić information content (AvgIpc) is 3.21. The molecular formula is C26H27N3O2S. The van der Waals surface area contributed by atoms with Gasteiger partial charge in [-0.25, -0.2) is 12.4 Å². The normalized spacial score (nSPS) is 15.9. The molecule has 3 aromatic carbocycles. The third-order valence-corrected chi connectivity index (χ3v) is 7.86. The fourth-order valence-corrected chi connectivity index (χ4v) is 5.85. The molecule has 6 heteroatoms. The second-order valence-corrected chi connectivity index (χ2v) is 10.1. The molecule has 1 aliphatic rings. The molecule has 0 radical (unpaired) electrons. The molecule has 5 rings (SSSR count). The summed E-state index contributed by atoms with van der Waals surface area (Å²) in [5, 5.41) is 0.999. The number of piperazine rings is 1. The van der Waals surface area contributed by atoms with Crippen molar-refractivity contribution in [2.24, 2.45) is 0 Å². The summed E-state index contributed by atoms with van der Waals surface area (Å²) in [6, 6.07) is 27.0. The van der Waals surface area contributed by atoms with Gasteiger partial charge in [-0.3, -0.25) is 9.80 Å². The molecule has 2 heterocycles. The Morgan fingerprint density at radius 3 is 1.91 bits per heavy atom. The van der Waals surface area contributed by atoms with Gasteiger partial charge >= 0.3 is 0 Å². The molecule has 0 amide bonds. The summed E-state index contributed by atoms with van der Waals surface area (Å²) in [5.41, 5.74) is 3.13. The van der Waals surface area contributed by atoms with Gasteiger partial charge in [0.2, 0.25) is 0 Å². The third kappa shape index (κ3) is 4.21. The predicted octanol–water partition coefficient (Wildman–Crippen LogP) is 4.20. The molecule has 1 saturated heterocycles. The zero-order valence-electron chi connectivity index (χ0n) is 18.0. The van der Waals surface area contributed by atoms with Gasteiger partial charge in [-0.15, -0.1) is 0 Å². The second kappa shape index (κ2) is 8.90. The van der Waals surface area contributed by atoms with E-state index in [4.69, 9.17) is 0 Å². The first-order valence-corrected chi connectivity index (χ1v) is 12.4. The van der Waals surface area contributed by atoms with Crippen LogP contribution in [-0.4, -0.2) is 48.4 Å². The molecule has 1 fully saturated rings. The van der Waals surface area contributed by atoms with Crippen LogP contribution in [0.2, 0.25) is 0 Å². The van der Waals surface area contributed by atoms with E-state index < -0.39 is 10.0 Å². The first-order chi connectivity index (χ1) is 15.6. The molecule has 5 nitrogen and oxygen atoms in total. The van der Waals surface area contributed by atoms with E-state index in [1.807, 2.05) is 36.5 Å². The predicted molar refractivity (Wildman–Crippen MR) is 128 cm³/mol. The van der Waals surface area contributed by atoms with Crippen molar-refractivity contribution in [3.05, 3.63) is 102 Å². The monoisotopic (exact) mass is 445 g/mol. The van der Waals surface area contributed by atoms with Crippen LogP contribution in [0.15, 0.2) is 96.0 Å². The summed E-state index contributed by atoms with van der Waals surface area (Å²) < 4.78 is 28.1. The SMILES string of the molecule is O=S(=O)(c1ccccc1)n1cc(CN2CCN(Cc3ccccc3)CC2)c2ccccc21. The highest BCUT2D eigenvalue weighted by molar-refractivity contribution is 7.90. The van der Waals surface area contributed by atoms with Gasteiger partial charge in [0.05, 0.1) is 10.4 Å². The Balaban J connectivity index is 1.35. The maximum absolute atomic E-state index is 13.3. The molecular weight excluding hydrogens is 418 g/mol. The minimum atomic E-state index is -3.64. The number of benzene rings is 3. The molecule has 1 aromatic heterocycles. The van der Waals surface area contributed by atoms with Crippen LogP contribution in [0.1, 0.15) is 11.1 Å². The van der Waals surface area contributed by atoms with Crippen LogP contribution < -0.4 is 0 Å². The van der Waals surface area contributed by atoms with Crippen LogP contribution in [0.25, 0.3) is 10.9 Å². The van der Waals surface area contributed by atoms with Crippen LogP contribution >= 0.6 is 0 Å². The topological polar surface area (TPSA) is 45.6 Å². The minimum absolute atomic E-state index is 0.307. The van der Waals surface area contributed by atoms with Crippen LogP contribution in [0.4, 0.5) is 0 Å². The Kier molecular flexibility index (Phi) is 5.83. The zero-order chi connectivity index (χ0) is 22.0. The van der Waals surface area contributed by atoms with Gasteiger partial charge in [0.25, 0.3) is 10.0 Å². The number of hydrogen-bond donors (Lipinski definition) is 0. The lowest BCUT2D eigenvalue weighted by molar-refractivity contribution is 0.122. The van der Waals surface area contributed by atoms with Crippen LogP contribution in [-0.2, 0) is 23.1 Å². The summed E-state index contributed by atoms with van der Waals surface area (Å²) in [6.07, 6.45) is 1.81. The average molecular weight is 446 g/mol. The van der Waals surface area contributed by atoms with Crippen molar-refractivity contribution < 1.29 is 8.42 Å². The molecule has 0 bridgehead atoms. The van der Waals surface area contributed by atoms with Crippen molar-refractivity contribution in [2.45, 2.75) is 18.0 Å². The first-order valence-electron chi connectivity index (χ1n) is 11.0. The van der Waals surface area contributed by atoms with E-state index in [-0.39, 0.29) is 0 Å². The lowest BCUT2D eigenvalue weighted by Gasteiger charge is -2.34. The Morgan fingerprint density at radius 2 is 1.22 bits per heavy atom. The molecule has 0 atom stereocenters. The fraction of sp³-hybridized carbons (Fsp3) is 0.231. The highest BCUT2D eigenvalue weighted by Gasteiger charge is 2.23. The Bertz CT molecular complexity index is 1290. The number of hydrogen-bond acceptors (Lipinski definition) is 4. The van der Waals surface area contributed by atoms with Crippen molar-refractivity contribution in [3.8, 4) is 0 Å². The Hall–Kier alpha value is -2.93. The summed E-state index contributed by atoms with van der Waals surface area (Å²) in [4.78, 5) is 5.21. The van der Waals surface area contributed by atoms with E-state index in [9.17, 15) is 8.42 Å². The highest BCUT2D eigenvalue weighted by atomic mass is 32.2. The quantitative estimate of drug-likeness (QED) is 0.446. The maximum atomic E-state index is 13.3. The maximum Gasteiger partial charge on any atom is 0.268 e. The van der Waals surface area contributed by atoms with Crippen LogP contribution in [0.5, 0.6) is 0 Å². The van der Waals surface area contributed by atoms with Gasteiger partial charge in [0, 0.05) is 50.9 Å². The molecule has 0 aliphatic carbocycles. The van der Waals surface area contributed by atoms with Gasteiger partial charge in [-0.2, -0.15) is 0 Å². The number of nitrogens with zero attached hydrogens (tertiary/aromatic N) is 3. The number of fused-ring (bicyclic) bond motifs is 1. The van der Waals surface area contributed by atoms with Gasteiger partial charge in [0.1, 0.15) is 0 Å². The van der Waals surface area contributed by atoms with E-state index in [0.29, 0.717) is 4.90 Å².